The van der Waals surface area contributed by atoms with Crippen molar-refractivity contribution >= 4 is 11.8 Å². The summed E-state index contributed by atoms with van der Waals surface area (Å²) in [6.45, 7) is 5.36. The van der Waals surface area contributed by atoms with Crippen LogP contribution in [0.5, 0.6) is 0 Å². The van der Waals surface area contributed by atoms with E-state index in [4.69, 9.17) is 0 Å². The van der Waals surface area contributed by atoms with Gasteiger partial charge in [-0.2, -0.15) is 0 Å². The third-order valence-electron chi connectivity index (χ3n) is 5.96. The molecule has 1 aromatic rings. The van der Waals surface area contributed by atoms with E-state index in [0.717, 1.165) is 52.0 Å². The minimum atomic E-state index is -0.111. The first-order chi connectivity index (χ1) is 12.7. The number of carbonyl (C=O) groups excluding carboxylic acids is 2. The van der Waals surface area contributed by atoms with Gasteiger partial charge in [0.05, 0.1) is 18.5 Å². The number of amides is 2. The molecule has 2 saturated heterocycles. The first kappa shape index (κ1) is 17.4. The first-order valence-electron chi connectivity index (χ1n) is 9.71. The van der Waals surface area contributed by atoms with Crippen LogP contribution in [0.1, 0.15) is 18.4 Å². The zero-order valence-corrected chi connectivity index (χ0v) is 15.2. The Balaban J connectivity index is 1.25. The summed E-state index contributed by atoms with van der Waals surface area (Å²) in [5.41, 5.74) is 1.37. The Kier molecular flexibility index (Phi) is 5.18. The van der Waals surface area contributed by atoms with Crippen molar-refractivity contribution in [1.82, 2.24) is 14.7 Å². The number of allylic oxidation sites excluding steroid dienone is 2. The van der Waals surface area contributed by atoms with E-state index in [9.17, 15) is 9.59 Å². The Bertz CT molecular complexity index is 654. The van der Waals surface area contributed by atoms with Crippen molar-refractivity contribution in [3.8, 4) is 0 Å². The fraction of sp³-hybridized carbons (Fsp3) is 0.524. The minimum absolute atomic E-state index is 0.0378. The number of imide groups is 1. The van der Waals surface area contributed by atoms with E-state index in [2.05, 4.69) is 40.1 Å². The predicted molar refractivity (Wildman–Crippen MR) is 100 cm³/mol. The second-order valence-electron chi connectivity index (χ2n) is 7.60. The van der Waals surface area contributed by atoms with Gasteiger partial charge in [-0.1, -0.05) is 42.5 Å². The Morgan fingerprint density at radius 3 is 2.00 bits per heavy atom. The molecule has 5 heteroatoms. The standard InChI is InChI=1S/C21H27N3O2/c25-20-18-8-4-5-9-19(18)21(26)24(20)16-23-14-12-22(13-15-23)11-10-17-6-2-1-3-7-17/h1-7,18-19H,8-16H2/t18-,19-/m1/s1. The summed E-state index contributed by atoms with van der Waals surface area (Å²) < 4.78 is 0. The summed E-state index contributed by atoms with van der Waals surface area (Å²) in [7, 11) is 0. The molecule has 0 unspecified atom stereocenters. The van der Waals surface area contributed by atoms with E-state index in [-0.39, 0.29) is 23.7 Å². The second-order valence-corrected chi connectivity index (χ2v) is 7.60. The second kappa shape index (κ2) is 7.72. The van der Waals surface area contributed by atoms with E-state index in [1.165, 1.54) is 10.5 Å². The highest BCUT2D eigenvalue weighted by molar-refractivity contribution is 6.05. The fourth-order valence-corrected chi connectivity index (χ4v) is 4.29. The number of nitrogens with zero attached hydrogens (tertiary/aromatic N) is 3. The van der Waals surface area contributed by atoms with Gasteiger partial charge in [-0.15, -0.1) is 0 Å². The van der Waals surface area contributed by atoms with Gasteiger partial charge in [-0.25, -0.2) is 0 Å². The lowest BCUT2D eigenvalue weighted by Crippen LogP contribution is -2.51. The van der Waals surface area contributed by atoms with Gasteiger partial charge in [0.25, 0.3) is 0 Å². The molecule has 0 spiro atoms. The summed E-state index contributed by atoms with van der Waals surface area (Å²) in [5, 5.41) is 0. The molecule has 0 saturated carbocycles. The zero-order valence-electron chi connectivity index (χ0n) is 15.2. The summed E-state index contributed by atoms with van der Waals surface area (Å²) in [5.74, 6) is -0.147. The summed E-state index contributed by atoms with van der Waals surface area (Å²) in [4.78, 5) is 31.4. The maximum absolute atomic E-state index is 12.6. The van der Waals surface area contributed by atoms with Gasteiger partial charge in [-0.3, -0.25) is 19.4 Å². The average Bonchev–Trinajstić information content (AvgIpc) is 2.93. The van der Waals surface area contributed by atoms with Crippen molar-refractivity contribution in [2.45, 2.75) is 19.3 Å². The number of rotatable bonds is 5. The molecule has 2 amide bonds. The zero-order chi connectivity index (χ0) is 17.9. The molecule has 0 bridgehead atoms. The maximum atomic E-state index is 12.6. The molecule has 3 aliphatic rings. The van der Waals surface area contributed by atoms with Gasteiger partial charge in [0.2, 0.25) is 11.8 Å². The van der Waals surface area contributed by atoms with Crippen LogP contribution in [-0.2, 0) is 16.0 Å². The number of benzene rings is 1. The van der Waals surface area contributed by atoms with Gasteiger partial charge in [-0.05, 0) is 24.8 Å². The van der Waals surface area contributed by atoms with Crippen molar-refractivity contribution < 1.29 is 9.59 Å². The van der Waals surface area contributed by atoms with Crippen molar-refractivity contribution in [1.29, 1.82) is 0 Å². The molecule has 1 aromatic carbocycles. The van der Waals surface area contributed by atoms with E-state index in [1.807, 2.05) is 12.2 Å². The van der Waals surface area contributed by atoms with Gasteiger partial charge in [0.15, 0.2) is 0 Å². The van der Waals surface area contributed by atoms with E-state index in [1.54, 1.807) is 0 Å². The predicted octanol–water partition coefficient (Wildman–Crippen LogP) is 1.76. The molecule has 138 valence electrons. The molecule has 2 heterocycles. The topological polar surface area (TPSA) is 43.9 Å². The molecular formula is C21H27N3O2. The number of piperazine rings is 1. The van der Waals surface area contributed by atoms with Crippen molar-refractivity contribution in [3.05, 3.63) is 48.0 Å². The van der Waals surface area contributed by atoms with Crippen LogP contribution in [0, 0.1) is 11.8 Å². The van der Waals surface area contributed by atoms with E-state index in [0.29, 0.717) is 6.67 Å². The van der Waals surface area contributed by atoms with Crippen LogP contribution in [0.4, 0.5) is 0 Å². The van der Waals surface area contributed by atoms with Crippen LogP contribution >= 0.6 is 0 Å². The van der Waals surface area contributed by atoms with Crippen LogP contribution in [-0.4, -0.2) is 65.9 Å². The molecule has 4 rings (SSSR count). The van der Waals surface area contributed by atoms with Crippen molar-refractivity contribution in [2.75, 3.05) is 39.4 Å². The van der Waals surface area contributed by atoms with Gasteiger partial charge >= 0.3 is 0 Å². The lowest BCUT2D eigenvalue weighted by atomic mass is 9.85. The lowest BCUT2D eigenvalue weighted by Gasteiger charge is -2.36. The number of hydrogen-bond donors (Lipinski definition) is 0. The van der Waals surface area contributed by atoms with Crippen LogP contribution < -0.4 is 0 Å². The number of likely N-dealkylation sites (tertiary alicyclic amines) is 1. The monoisotopic (exact) mass is 353 g/mol. The molecule has 2 aliphatic heterocycles. The summed E-state index contributed by atoms with van der Waals surface area (Å²) in [6, 6.07) is 10.6. The Morgan fingerprint density at radius 1 is 0.808 bits per heavy atom. The average molecular weight is 353 g/mol. The molecule has 0 radical (unpaired) electrons. The third kappa shape index (κ3) is 3.60. The molecule has 1 aliphatic carbocycles. The van der Waals surface area contributed by atoms with Gasteiger partial charge in [0.1, 0.15) is 0 Å². The number of hydrogen-bond acceptors (Lipinski definition) is 4. The molecule has 5 nitrogen and oxygen atoms in total. The Labute approximate surface area is 155 Å². The smallest absolute Gasteiger partial charge is 0.234 e. The first-order valence-corrected chi connectivity index (χ1v) is 9.71. The Hall–Kier alpha value is -1.98. The number of fused-ring (bicyclic) bond motifs is 1. The lowest BCUT2D eigenvalue weighted by molar-refractivity contribution is -0.142. The van der Waals surface area contributed by atoms with Gasteiger partial charge < -0.3 is 4.90 Å². The van der Waals surface area contributed by atoms with Crippen LogP contribution in [0.3, 0.4) is 0 Å². The molecule has 0 aromatic heterocycles. The number of carbonyl (C=O) groups is 2. The SMILES string of the molecule is O=C1[C@@H]2CC=CC[C@H]2C(=O)N1CN1CCN(CCc2ccccc2)CC1. The quantitative estimate of drug-likeness (QED) is 0.598. The summed E-state index contributed by atoms with van der Waals surface area (Å²) >= 11 is 0. The van der Waals surface area contributed by atoms with E-state index >= 15 is 0 Å². The highest BCUT2D eigenvalue weighted by Gasteiger charge is 2.47. The van der Waals surface area contributed by atoms with Crippen molar-refractivity contribution in [3.63, 3.8) is 0 Å². The minimum Gasteiger partial charge on any atom is -0.300 e. The van der Waals surface area contributed by atoms with E-state index < -0.39 is 0 Å². The van der Waals surface area contributed by atoms with Gasteiger partial charge in [0, 0.05) is 32.7 Å². The maximum Gasteiger partial charge on any atom is 0.234 e. The van der Waals surface area contributed by atoms with Crippen LogP contribution in [0.25, 0.3) is 0 Å². The fourth-order valence-electron chi connectivity index (χ4n) is 4.29. The molecular weight excluding hydrogens is 326 g/mol. The Morgan fingerprint density at radius 2 is 1.38 bits per heavy atom. The van der Waals surface area contributed by atoms with Crippen molar-refractivity contribution in [2.24, 2.45) is 11.8 Å². The molecule has 0 N–H and O–H groups in total. The van der Waals surface area contributed by atoms with Crippen LogP contribution in [0.15, 0.2) is 42.5 Å². The summed E-state index contributed by atoms with van der Waals surface area (Å²) in [6.07, 6.45) is 6.60. The molecule has 26 heavy (non-hydrogen) atoms. The van der Waals surface area contributed by atoms with Crippen LogP contribution in [0.2, 0.25) is 0 Å². The molecule has 2 fully saturated rings. The highest BCUT2D eigenvalue weighted by Crippen LogP contribution is 2.35. The highest BCUT2D eigenvalue weighted by atomic mass is 16.2. The molecule has 2 atom stereocenters. The largest absolute Gasteiger partial charge is 0.300 e. The third-order valence-corrected chi connectivity index (χ3v) is 5.96. The normalized spacial score (nSPS) is 27.2.